The minimum atomic E-state index is -2.52. The van der Waals surface area contributed by atoms with E-state index in [1.165, 1.54) is 5.57 Å². The Hall–Kier alpha value is -1.82. The Morgan fingerprint density at radius 2 is 1.97 bits per heavy atom. The fourth-order valence-corrected chi connectivity index (χ4v) is 7.79. The predicted molar refractivity (Wildman–Crippen MR) is 126 cm³/mol. The Labute approximate surface area is 202 Å². The van der Waals surface area contributed by atoms with Crippen molar-refractivity contribution in [1.82, 2.24) is 0 Å². The maximum atomic E-state index is 14.8. The number of hydrogen-bond acceptors (Lipinski definition) is 5. The monoisotopic (exact) mass is 474 g/mol. The van der Waals surface area contributed by atoms with Crippen molar-refractivity contribution in [2.45, 2.75) is 90.8 Å². The molecular weight excluding hydrogens is 435 g/mol. The van der Waals surface area contributed by atoms with Gasteiger partial charge in [0.2, 0.25) is 5.67 Å². The number of ketones is 2. The molecule has 3 saturated carbocycles. The molecule has 2 unspecified atom stereocenters. The van der Waals surface area contributed by atoms with E-state index in [0.29, 0.717) is 24.2 Å². The van der Waals surface area contributed by atoms with Gasteiger partial charge in [-0.25, -0.2) is 9.18 Å². The van der Waals surface area contributed by atoms with Gasteiger partial charge in [0.15, 0.2) is 11.6 Å². The zero-order valence-corrected chi connectivity index (χ0v) is 20.9. The van der Waals surface area contributed by atoms with E-state index in [4.69, 9.17) is 4.74 Å². The lowest BCUT2D eigenvalue weighted by molar-refractivity contribution is -0.168. The minimum absolute atomic E-state index is 0.0826. The molecule has 188 valence electrons. The Kier molecular flexibility index (Phi) is 6.69. The van der Waals surface area contributed by atoms with Crippen LogP contribution in [0.25, 0.3) is 0 Å². The van der Waals surface area contributed by atoms with Gasteiger partial charge < -0.3 is 9.84 Å². The highest BCUT2D eigenvalue weighted by atomic mass is 19.1. The topological polar surface area (TPSA) is 80.7 Å². The number of esters is 1. The molecule has 0 heterocycles. The van der Waals surface area contributed by atoms with E-state index in [1.54, 1.807) is 13.0 Å². The lowest BCUT2D eigenvalue weighted by Crippen LogP contribution is -2.50. The number of fused-ring (bicyclic) bond motifs is 5. The summed E-state index contributed by atoms with van der Waals surface area (Å²) in [6, 6.07) is 0. The maximum Gasteiger partial charge on any atom is 0.346 e. The summed E-state index contributed by atoms with van der Waals surface area (Å²) < 4.78 is 19.9. The van der Waals surface area contributed by atoms with Crippen molar-refractivity contribution in [3.8, 4) is 0 Å². The fraction of sp³-hybridized carbons (Fsp3) is 0.750. The maximum absolute atomic E-state index is 14.8. The molecule has 4 aliphatic rings. The first-order valence-electron chi connectivity index (χ1n) is 13.0. The van der Waals surface area contributed by atoms with Gasteiger partial charge in [0.25, 0.3) is 0 Å². The molecule has 0 bridgehead atoms. The molecule has 0 spiro atoms. The van der Waals surface area contributed by atoms with Crippen LogP contribution >= 0.6 is 0 Å². The number of carbonyl (C=O) groups is 3. The molecule has 0 radical (unpaired) electrons. The van der Waals surface area contributed by atoms with Gasteiger partial charge in [0.05, 0.1) is 6.10 Å². The van der Waals surface area contributed by atoms with Crippen molar-refractivity contribution < 1.29 is 28.6 Å². The second-order valence-electron chi connectivity index (χ2n) is 11.7. The van der Waals surface area contributed by atoms with E-state index >= 15 is 0 Å². The third-order valence-corrected chi connectivity index (χ3v) is 9.88. The van der Waals surface area contributed by atoms with Crippen LogP contribution in [0.2, 0.25) is 0 Å². The molecule has 0 amide bonds. The molecule has 0 aromatic heterocycles. The quantitative estimate of drug-likeness (QED) is 0.530. The molecule has 3 fully saturated rings. The van der Waals surface area contributed by atoms with E-state index in [9.17, 15) is 23.9 Å². The number of halogens is 1. The molecule has 34 heavy (non-hydrogen) atoms. The lowest BCUT2D eigenvalue weighted by Gasteiger charge is -2.56. The van der Waals surface area contributed by atoms with E-state index in [0.717, 1.165) is 45.4 Å². The van der Waals surface area contributed by atoms with Crippen LogP contribution in [0.15, 0.2) is 23.8 Å². The van der Waals surface area contributed by atoms with Crippen molar-refractivity contribution >= 4 is 17.5 Å². The summed E-state index contributed by atoms with van der Waals surface area (Å²) >= 11 is 0. The first kappa shape index (κ1) is 25.3. The zero-order chi connectivity index (χ0) is 24.9. The summed E-state index contributed by atoms with van der Waals surface area (Å²) in [6.45, 7) is 6.86. The van der Waals surface area contributed by atoms with Gasteiger partial charge in [-0.3, -0.25) is 9.59 Å². The molecule has 0 aromatic rings. The molecule has 4 rings (SSSR count). The summed E-state index contributed by atoms with van der Waals surface area (Å²) in [7, 11) is 0. The second-order valence-corrected chi connectivity index (χ2v) is 11.7. The van der Waals surface area contributed by atoms with Gasteiger partial charge in [0, 0.05) is 11.3 Å². The van der Waals surface area contributed by atoms with Crippen LogP contribution in [-0.2, 0) is 19.1 Å². The van der Waals surface area contributed by atoms with Crippen molar-refractivity contribution in [1.29, 1.82) is 0 Å². The molecular formula is C28H39FO5. The summed E-state index contributed by atoms with van der Waals surface area (Å²) in [5, 5.41) is 9.96. The fourth-order valence-electron chi connectivity index (χ4n) is 7.79. The normalized spacial score (nSPS) is 39.2. The summed E-state index contributed by atoms with van der Waals surface area (Å²) in [6.07, 6.45) is 10.5. The van der Waals surface area contributed by atoms with Crippen LogP contribution in [-0.4, -0.2) is 41.0 Å². The van der Waals surface area contributed by atoms with Crippen molar-refractivity contribution in [2.75, 3.05) is 6.61 Å². The summed E-state index contributed by atoms with van der Waals surface area (Å²) in [4.78, 5) is 37.4. The Morgan fingerprint density at radius 3 is 2.68 bits per heavy atom. The summed E-state index contributed by atoms with van der Waals surface area (Å²) in [5.74, 6) is -0.0405. The smallest absolute Gasteiger partial charge is 0.346 e. The Bertz CT molecular complexity index is 920. The minimum Gasteiger partial charge on any atom is -0.455 e. The van der Waals surface area contributed by atoms with Gasteiger partial charge >= 0.3 is 5.97 Å². The van der Waals surface area contributed by atoms with Crippen LogP contribution in [0.5, 0.6) is 0 Å². The number of allylic oxidation sites excluding steroid dienone is 4. The van der Waals surface area contributed by atoms with Gasteiger partial charge in [-0.2, -0.15) is 0 Å². The van der Waals surface area contributed by atoms with Gasteiger partial charge in [0.1, 0.15) is 6.61 Å². The standard InChI is InChI=1S/C28H39FO5/c1-5-6-24(32)28(4,29)25(33)34-16-23(31)22-10-9-20-19-8-7-17-15-18(30)11-13-26(17,2)21(19)12-14-27(20,22)3/h11,13,15,19-22,24,32H,5-10,12,14,16H2,1-4H3/t19-,20-,21-,22+,24?,26-,27-,28?/m0/s1. The molecule has 8 atom stereocenters. The molecule has 4 aliphatic carbocycles. The van der Waals surface area contributed by atoms with Gasteiger partial charge in [-0.05, 0) is 87.2 Å². The van der Waals surface area contributed by atoms with Crippen LogP contribution in [0.1, 0.15) is 79.1 Å². The van der Waals surface area contributed by atoms with E-state index in [1.807, 2.05) is 6.08 Å². The first-order valence-corrected chi connectivity index (χ1v) is 13.0. The molecule has 0 saturated heterocycles. The summed E-state index contributed by atoms with van der Waals surface area (Å²) in [5.41, 5.74) is -1.51. The number of hydrogen-bond donors (Lipinski definition) is 1. The zero-order valence-electron chi connectivity index (χ0n) is 20.9. The number of ether oxygens (including phenoxy) is 1. The van der Waals surface area contributed by atoms with Gasteiger partial charge in [-0.1, -0.05) is 38.8 Å². The highest BCUT2D eigenvalue weighted by molar-refractivity contribution is 6.01. The highest BCUT2D eigenvalue weighted by Gasteiger charge is 2.59. The van der Waals surface area contributed by atoms with Crippen molar-refractivity contribution in [2.24, 2.45) is 34.5 Å². The van der Waals surface area contributed by atoms with E-state index in [2.05, 4.69) is 19.9 Å². The third kappa shape index (κ3) is 4.00. The average molecular weight is 475 g/mol. The molecule has 6 heteroatoms. The number of aliphatic hydroxyl groups excluding tert-OH is 1. The molecule has 1 N–H and O–H groups in total. The van der Waals surface area contributed by atoms with Crippen molar-refractivity contribution in [3.05, 3.63) is 23.8 Å². The molecule has 0 aromatic carbocycles. The highest BCUT2D eigenvalue weighted by Crippen LogP contribution is 2.66. The molecule has 0 aliphatic heterocycles. The number of alkyl halides is 1. The van der Waals surface area contributed by atoms with Crippen LogP contribution < -0.4 is 0 Å². The number of Topliss-reactive ketones (excluding diaryl/α,β-unsaturated/α-hetero) is 1. The molecule has 5 nitrogen and oxygen atoms in total. The predicted octanol–water partition coefficient (Wildman–Crippen LogP) is 4.91. The second kappa shape index (κ2) is 9.00. The average Bonchev–Trinajstić information content (AvgIpc) is 3.15. The third-order valence-electron chi connectivity index (χ3n) is 9.88. The Morgan fingerprint density at radius 1 is 1.24 bits per heavy atom. The van der Waals surface area contributed by atoms with Crippen molar-refractivity contribution in [3.63, 3.8) is 0 Å². The van der Waals surface area contributed by atoms with Gasteiger partial charge in [-0.15, -0.1) is 0 Å². The Balaban J connectivity index is 1.43. The lowest BCUT2D eigenvalue weighted by atomic mass is 9.47. The SMILES string of the molecule is CCCC(O)C(C)(F)C(=O)OCC(=O)[C@H]1CC[C@H]2[C@@H]3CCC4=CC(=O)C=C[C@]4(C)[C@H]3CC[C@]12C. The number of rotatable bonds is 7. The van der Waals surface area contributed by atoms with Crippen LogP contribution in [0, 0.1) is 34.5 Å². The number of aliphatic hydroxyl groups is 1. The van der Waals surface area contributed by atoms with E-state index in [-0.39, 0.29) is 34.7 Å². The first-order chi connectivity index (χ1) is 15.9. The number of carbonyl (C=O) groups excluding carboxylic acids is 3. The van der Waals surface area contributed by atoms with Crippen LogP contribution in [0.3, 0.4) is 0 Å². The largest absolute Gasteiger partial charge is 0.455 e. The van der Waals surface area contributed by atoms with Crippen LogP contribution in [0.4, 0.5) is 4.39 Å². The van der Waals surface area contributed by atoms with E-state index < -0.39 is 24.3 Å².